The van der Waals surface area contributed by atoms with Gasteiger partial charge in [-0.25, -0.2) is 0 Å². The zero-order chi connectivity index (χ0) is 7.98. The van der Waals surface area contributed by atoms with Gasteiger partial charge < -0.3 is 0 Å². The van der Waals surface area contributed by atoms with Crippen LogP contribution in [-0.2, 0) is 0 Å². The van der Waals surface area contributed by atoms with Crippen LogP contribution in [-0.4, -0.2) is 17.6 Å². The van der Waals surface area contributed by atoms with Crippen molar-refractivity contribution in [3.63, 3.8) is 0 Å². The molecule has 0 aromatic heterocycles. The van der Waals surface area contributed by atoms with Crippen LogP contribution in [0.15, 0.2) is 10.4 Å². The average molecular weight is 143 g/mol. The van der Waals surface area contributed by atoms with Crippen molar-refractivity contribution in [1.29, 1.82) is 0 Å². The number of azide groups is 1. The fraction of sp³-hybridized carbons (Fsp3) is 0.667. The van der Waals surface area contributed by atoms with Gasteiger partial charge in [0, 0.05) is 16.6 Å². The monoisotopic (exact) mass is 143 g/mol. The van der Waals surface area contributed by atoms with E-state index in [0.29, 0.717) is 5.01 Å². The highest BCUT2D eigenvalue weighted by Crippen LogP contribution is 1.92. The fourth-order valence-electron chi connectivity index (χ4n) is 0.318. The molecule has 0 rings (SSSR count). The van der Waals surface area contributed by atoms with Gasteiger partial charge in [0.05, 0.1) is 5.29 Å². The Kier molecular flexibility index (Phi) is 3.58. The molecular weight excluding hydrogens is 138 g/mol. The van der Waals surface area contributed by atoms with E-state index in [1.54, 1.807) is 0 Å². The molecule has 0 atom stereocenters. The summed E-state index contributed by atoms with van der Waals surface area (Å²) in [4.78, 5) is 22.3. The molecule has 0 aromatic carbocycles. The Labute approximate surface area is 56.2 Å². The molecule has 7 heteroatoms. The molecule has 0 N–H and O–H groups in total. The molecule has 0 fully saturated rings. The van der Waals surface area contributed by atoms with Crippen LogP contribution in [0.1, 0.15) is 6.92 Å². The molecule has 0 unspecified atom stereocenters. The summed E-state index contributed by atoms with van der Waals surface area (Å²) in [5, 5.41) is 5.45. The second-order valence-electron chi connectivity index (χ2n) is 1.27. The number of carbonyl (C=O) groups is 1. The van der Waals surface area contributed by atoms with Crippen molar-refractivity contribution in [2.75, 3.05) is 6.54 Å². The third-order valence-electron chi connectivity index (χ3n) is 0.749. The maximum Gasteiger partial charge on any atom is 0.333 e. The smallest absolute Gasteiger partial charge is 0.265 e. The van der Waals surface area contributed by atoms with Crippen molar-refractivity contribution in [3.05, 3.63) is 15.3 Å². The molecule has 2 amide bonds. The first-order chi connectivity index (χ1) is 4.76. The number of hydrogen-bond acceptors (Lipinski definition) is 3. The van der Waals surface area contributed by atoms with Gasteiger partial charge in [-0.2, -0.15) is 5.01 Å². The Balaban J connectivity index is 4.14. The van der Waals surface area contributed by atoms with E-state index in [-0.39, 0.29) is 6.54 Å². The van der Waals surface area contributed by atoms with Crippen LogP contribution < -0.4 is 0 Å². The van der Waals surface area contributed by atoms with Gasteiger partial charge in [0.15, 0.2) is 0 Å². The highest BCUT2D eigenvalue weighted by molar-refractivity contribution is 5.74. The number of rotatable bonds is 2. The van der Waals surface area contributed by atoms with E-state index in [4.69, 9.17) is 5.53 Å². The Morgan fingerprint density at radius 1 is 1.80 bits per heavy atom. The molecule has 10 heavy (non-hydrogen) atoms. The van der Waals surface area contributed by atoms with E-state index in [9.17, 15) is 9.70 Å². The topological polar surface area (TPSA) is 98.5 Å². The third-order valence-corrected chi connectivity index (χ3v) is 0.749. The van der Waals surface area contributed by atoms with Crippen LogP contribution in [0.4, 0.5) is 4.79 Å². The van der Waals surface area contributed by atoms with Gasteiger partial charge >= 0.3 is 6.03 Å². The lowest BCUT2D eigenvalue weighted by Gasteiger charge is -2.03. The number of nitroso groups, excluding NO2 is 1. The van der Waals surface area contributed by atoms with E-state index >= 15 is 0 Å². The van der Waals surface area contributed by atoms with Gasteiger partial charge in [-0.05, 0) is 12.5 Å². The maximum atomic E-state index is 10.4. The molecule has 0 aliphatic carbocycles. The molecule has 0 heterocycles. The maximum absolute atomic E-state index is 10.4. The van der Waals surface area contributed by atoms with Gasteiger partial charge in [0.25, 0.3) is 0 Å². The molecule has 0 aromatic rings. The minimum atomic E-state index is -0.986. The van der Waals surface area contributed by atoms with Crippen LogP contribution in [0.5, 0.6) is 0 Å². The van der Waals surface area contributed by atoms with Crippen LogP contribution >= 0.6 is 0 Å². The lowest BCUT2D eigenvalue weighted by Crippen LogP contribution is -2.20. The molecule has 0 radical (unpaired) electrons. The highest BCUT2D eigenvalue weighted by atomic mass is 16.3. The summed E-state index contributed by atoms with van der Waals surface area (Å²) in [6.45, 7) is 1.63. The van der Waals surface area contributed by atoms with E-state index in [2.05, 4.69) is 15.3 Å². The molecule has 54 valence electrons. The first kappa shape index (κ1) is 8.38. The van der Waals surface area contributed by atoms with Crippen molar-refractivity contribution in [2.45, 2.75) is 6.92 Å². The Hall–Kier alpha value is -1.62. The number of carbonyl (C=O) groups excluding carboxylic acids is 1. The summed E-state index contributed by atoms with van der Waals surface area (Å²) in [6, 6.07) is -0.986. The minimum Gasteiger partial charge on any atom is -0.265 e. The lowest BCUT2D eigenvalue weighted by atomic mass is 10.7. The summed E-state index contributed by atoms with van der Waals surface area (Å²) in [5.74, 6) is 0. The average Bonchev–Trinajstić information content (AvgIpc) is 1.91. The zero-order valence-corrected chi connectivity index (χ0v) is 5.26. The van der Waals surface area contributed by atoms with Crippen LogP contribution in [0, 0.1) is 4.91 Å². The molecule has 0 spiro atoms. The van der Waals surface area contributed by atoms with Gasteiger partial charge in [0.1, 0.15) is 0 Å². The zero-order valence-electron chi connectivity index (χ0n) is 5.26. The van der Waals surface area contributed by atoms with Crippen molar-refractivity contribution in [3.8, 4) is 0 Å². The molecule has 0 saturated heterocycles. The lowest BCUT2D eigenvalue weighted by molar-refractivity contribution is 0.212. The fourth-order valence-corrected chi connectivity index (χ4v) is 0.318. The Bertz CT molecular complexity index is 183. The first-order valence-electron chi connectivity index (χ1n) is 2.46. The van der Waals surface area contributed by atoms with E-state index < -0.39 is 6.03 Å². The van der Waals surface area contributed by atoms with Crippen LogP contribution in [0.25, 0.3) is 10.4 Å². The minimum absolute atomic E-state index is 0.0986. The summed E-state index contributed by atoms with van der Waals surface area (Å²) in [7, 11) is 0. The standard InChI is InChI=1S/C3H5N5O2/c1-2-8(7-10)3(9)5-6-4/h2H2,1H3. The van der Waals surface area contributed by atoms with E-state index in [1.807, 2.05) is 0 Å². The number of urea groups is 1. The SMILES string of the molecule is CCN(N=O)C(=O)N=[N+]=[N-]. The first-order valence-corrected chi connectivity index (χ1v) is 2.46. The predicted octanol–water partition coefficient (Wildman–Crippen LogP) is 1.42. The molecular formula is C3H5N5O2. The summed E-state index contributed by atoms with van der Waals surface area (Å²) in [5.41, 5.74) is 7.74. The van der Waals surface area contributed by atoms with E-state index in [0.717, 1.165) is 0 Å². The highest BCUT2D eigenvalue weighted by Gasteiger charge is 2.07. The normalized spacial score (nSPS) is 7.70. The summed E-state index contributed by atoms with van der Waals surface area (Å²) < 4.78 is 0. The van der Waals surface area contributed by atoms with Crippen molar-refractivity contribution < 1.29 is 4.79 Å². The van der Waals surface area contributed by atoms with Crippen molar-refractivity contribution in [2.24, 2.45) is 10.4 Å². The number of nitrogens with zero attached hydrogens (tertiary/aromatic N) is 5. The Morgan fingerprint density at radius 2 is 2.40 bits per heavy atom. The van der Waals surface area contributed by atoms with Gasteiger partial charge in [-0.15, -0.1) is 4.91 Å². The summed E-state index contributed by atoms with van der Waals surface area (Å²) in [6.07, 6.45) is 0. The quantitative estimate of drug-likeness (QED) is 0.192. The largest absolute Gasteiger partial charge is 0.333 e. The molecule has 7 nitrogen and oxygen atoms in total. The molecule has 0 aliphatic rings. The van der Waals surface area contributed by atoms with Crippen molar-refractivity contribution >= 4 is 6.03 Å². The second kappa shape index (κ2) is 4.28. The molecule has 0 bridgehead atoms. The third kappa shape index (κ3) is 2.10. The second-order valence-corrected chi connectivity index (χ2v) is 1.27. The van der Waals surface area contributed by atoms with E-state index in [1.165, 1.54) is 6.92 Å². The number of hydrogen-bond donors (Lipinski definition) is 0. The summed E-state index contributed by atoms with van der Waals surface area (Å²) >= 11 is 0. The van der Waals surface area contributed by atoms with Gasteiger partial charge in [-0.1, -0.05) is 0 Å². The van der Waals surface area contributed by atoms with Crippen LogP contribution in [0.2, 0.25) is 0 Å². The predicted molar refractivity (Wildman–Crippen MR) is 32.7 cm³/mol. The Morgan fingerprint density at radius 3 is 2.70 bits per heavy atom. The van der Waals surface area contributed by atoms with Crippen LogP contribution in [0.3, 0.4) is 0 Å². The number of amides is 2. The van der Waals surface area contributed by atoms with Gasteiger partial charge in [-0.3, -0.25) is 4.79 Å². The van der Waals surface area contributed by atoms with Gasteiger partial charge in [0.2, 0.25) is 0 Å². The molecule has 0 saturated carbocycles. The van der Waals surface area contributed by atoms with Crippen molar-refractivity contribution in [1.82, 2.24) is 5.01 Å². The molecule has 0 aliphatic heterocycles.